The van der Waals surface area contributed by atoms with Gasteiger partial charge < -0.3 is 4.74 Å². The lowest BCUT2D eigenvalue weighted by Gasteiger charge is -2.19. The van der Waals surface area contributed by atoms with Crippen LogP contribution in [0.3, 0.4) is 0 Å². The van der Waals surface area contributed by atoms with Crippen molar-refractivity contribution in [2.45, 2.75) is 19.3 Å². The summed E-state index contributed by atoms with van der Waals surface area (Å²) < 4.78 is 80.5. The van der Waals surface area contributed by atoms with Crippen molar-refractivity contribution in [3.8, 4) is 0 Å². The molecule has 0 radical (unpaired) electrons. The average Bonchev–Trinajstić information content (AvgIpc) is 2.26. The highest BCUT2D eigenvalue weighted by atomic mass is 19.4. The lowest BCUT2D eigenvalue weighted by atomic mass is 10.0. The molecule has 3 nitrogen and oxygen atoms in total. The Balaban J connectivity index is 3.35. The Morgan fingerprint density at radius 3 is 2.20 bits per heavy atom. The van der Waals surface area contributed by atoms with Crippen LogP contribution in [0, 0.1) is 0 Å². The van der Waals surface area contributed by atoms with Crippen LogP contribution >= 0.6 is 0 Å². The van der Waals surface area contributed by atoms with Crippen LogP contribution in [0.5, 0.6) is 0 Å². The smallest absolute Gasteiger partial charge is 0.419 e. The van der Waals surface area contributed by atoms with E-state index in [1.165, 1.54) is 6.92 Å². The SMILES string of the molecule is CCOC(=O)Nc1cccc(C(F)(F)F)c1C(F)(F)F. The van der Waals surface area contributed by atoms with E-state index in [4.69, 9.17) is 0 Å². The zero-order valence-electron chi connectivity index (χ0n) is 10.0. The number of ether oxygens (including phenoxy) is 1. The van der Waals surface area contributed by atoms with Crippen molar-refractivity contribution >= 4 is 11.8 Å². The molecule has 0 spiro atoms. The standard InChI is InChI=1S/C11H9F6NO2/c1-2-20-9(19)18-7-5-3-4-6(10(12,13)14)8(7)11(15,16)17/h3-5H,2H2,1H3,(H,18,19). The summed E-state index contributed by atoms with van der Waals surface area (Å²) in [5.74, 6) is 0. The average molecular weight is 301 g/mol. The van der Waals surface area contributed by atoms with Gasteiger partial charge in [0.2, 0.25) is 0 Å². The van der Waals surface area contributed by atoms with Gasteiger partial charge in [0.25, 0.3) is 0 Å². The third-order valence-electron chi connectivity index (χ3n) is 2.17. The van der Waals surface area contributed by atoms with Crippen LogP contribution in [0.4, 0.5) is 36.8 Å². The van der Waals surface area contributed by atoms with E-state index in [1.54, 1.807) is 5.32 Å². The van der Waals surface area contributed by atoms with E-state index in [0.717, 1.165) is 12.1 Å². The molecule has 1 aromatic carbocycles. The number of nitrogens with one attached hydrogen (secondary N) is 1. The number of rotatable bonds is 2. The zero-order chi connectivity index (χ0) is 15.6. The van der Waals surface area contributed by atoms with Crippen molar-refractivity contribution in [1.29, 1.82) is 0 Å². The molecule has 1 amide bonds. The molecule has 0 aliphatic heterocycles. The molecule has 9 heteroatoms. The normalized spacial score (nSPS) is 12.2. The first-order valence-corrected chi connectivity index (χ1v) is 5.28. The Hall–Kier alpha value is -1.93. The second-order valence-electron chi connectivity index (χ2n) is 3.57. The van der Waals surface area contributed by atoms with E-state index in [9.17, 15) is 31.1 Å². The van der Waals surface area contributed by atoms with Gasteiger partial charge in [-0.05, 0) is 19.1 Å². The third kappa shape index (κ3) is 3.78. The summed E-state index contributed by atoms with van der Waals surface area (Å²) >= 11 is 0. The van der Waals surface area contributed by atoms with Crippen LogP contribution in [-0.4, -0.2) is 12.7 Å². The maximum absolute atomic E-state index is 12.8. The number of anilines is 1. The molecule has 0 aromatic heterocycles. The summed E-state index contributed by atoms with van der Waals surface area (Å²) in [5.41, 5.74) is -4.84. The van der Waals surface area contributed by atoms with Gasteiger partial charge in [-0.25, -0.2) is 4.79 Å². The Morgan fingerprint density at radius 2 is 1.75 bits per heavy atom. The summed E-state index contributed by atoms with van der Waals surface area (Å²) in [7, 11) is 0. The highest BCUT2D eigenvalue weighted by Crippen LogP contribution is 2.43. The van der Waals surface area contributed by atoms with E-state index in [0.29, 0.717) is 6.07 Å². The lowest BCUT2D eigenvalue weighted by molar-refractivity contribution is -0.161. The monoisotopic (exact) mass is 301 g/mol. The molecule has 0 saturated carbocycles. The third-order valence-corrected chi connectivity index (χ3v) is 2.17. The number of benzene rings is 1. The molecule has 0 unspecified atom stereocenters. The summed E-state index contributed by atoms with van der Waals surface area (Å²) in [4.78, 5) is 11.1. The van der Waals surface area contributed by atoms with Crippen molar-refractivity contribution in [1.82, 2.24) is 0 Å². The summed E-state index contributed by atoms with van der Waals surface area (Å²) in [6.45, 7) is 1.27. The van der Waals surface area contributed by atoms with Crippen LogP contribution in [0.25, 0.3) is 0 Å². The Kier molecular flexibility index (Phi) is 4.51. The predicted molar refractivity (Wildman–Crippen MR) is 57.1 cm³/mol. The van der Waals surface area contributed by atoms with Crippen LogP contribution in [0.2, 0.25) is 0 Å². The second-order valence-corrected chi connectivity index (χ2v) is 3.57. The minimum Gasteiger partial charge on any atom is -0.450 e. The first kappa shape index (κ1) is 16.1. The van der Waals surface area contributed by atoms with E-state index >= 15 is 0 Å². The molecule has 0 atom stereocenters. The van der Waals surface area contributed by atoms with Gasteiger partial charge in [0.05, 0.1) is 23.4 Å². The fraction of sp³-hybridized carbons (Fsp3) is 0.364. The summed E-state index contributed by atoms with van der Waals surface area (Å²) in [6.07, 6.45) is -11.7. The molecule has 0 aliphatic carbocycles. The second kappa shape index (κ2) is 5.59. The van der Waals surface area contributed by atoms with Gasteiger partial charge in [0, 0.05) is 0 Å². The van der Waals surface area contributed by atoms with Gasteiger partial charge in [0.15, 0.2) is 0 Å². The van der Waals surface area contributed by atoms with Crippen molar-refractivity contribution in [3.05, 3.63) is 29.3 Å². The molecule has 0 heterocycles. The topological polar surface area (TPSA) is 38.3 Å². The van der Waals surface area contributed by atoms with Crippen LogP contribution in [0.1, 0.15) is 18.1 Å². The molecule has 0 fully saturated rings. The van der Waals surface area contributed by atoms with E-state index in [-0.39, 0.29) is 6.61 Å². The van der Waals surface area contributed by atoms with Gasteiger partial charge in [0.1, 0.15) is 0 Å². The molecule has 0 aliphatic rings. The maximum Gasteiger partial charge on any atom is 0.419 e. The number of amides is 1. The van der Waals surface area contributed by atoms with Crippen molar-refractivity contribution < 1.29 is 35.9 Å². The lowest BCUT2D eigenvalue weighted by Crippen LogP contribution is -2.22. The predicted octanol–water partition coefficient (Wildman–Crippen LogP) is 4.29. The molecule has 112 valence electrons. The van der Waals surface area contributed by atoms with Crippen molar-refractivity contribution in [2.24, 2.45) is 0 Å². The molecular formula is C11H9F6NO2. The Morgan fingerprint density at radius 1 is 1.15 bits per heavy atom. The van der Waals surface area contributed by atoms with Crippen molar-refractivity contribution in [3.63, 3.8) is 0 Å². The van der Waals surface area contributed by atoms with Gasteiger partial charge >= 0.3 is 18.4 Å². The van der Waals surface area contributed by atoms with Crippen molar-refractivity contribution in [2.75, 3.05) is 11.9 Å². The van der Waals surface area contributed by atoms with Crippen LogP contribution < -0.4 is 5.32 Å². The number of hydrogen-bond acceptors (Lipinski definition) is 2. The number of halogens is 6. The molecule has 0 bridgehead atoms. The Labute approximate surface area is 109 Å². The number of carbonyl (C=O) groups excluding carboxylic acids is 1. The highest BCUT2D eigenvalue weighted by molar-refractivity contribution is 5.86. The maximum atomic E-state index is 12.8. The molecule has 1 aromatic rings. The molecule has 0 saturated heterocycles. The first-order valence-electron chi connectivity index (χ1n) is 5.28. The van der Waals surface area contributed by atoms with Crippen LogP contribution in [0.15, 0.2) is 18.2 Å². The minimum atomic E-state index is -5.28. The molecular weight excluding hydrogens is 292 g/mol. The van der Waals surface area contributed by atoms with E-state index in [1.807, 2.05) is 0 Å². The molecule has 1 rings (SSSR count). The fourth-order valence-corrected chi connectivity index (χ4v) is 1.48. The van der Waals surface area contributed by atoms with Gasteiger partial charge in [-0.3, -0.25) is 5.32 Å². The largest absolute Gasteiger partial charge is 0.450 e. The van der Waals surface area contributed by atoms with Gasteiger partial charge in [-0.2, -0.15) is 26.3 Å². The highest BCUT2D eigenvalue weighted by Gasteiger charge is 2.45. The summed E-state index contributed by atoms with van der Waals surface area (Å²) in [5, 5.41) is 1.65. The fourth-order valence-electron chi connectivity index (χ4n) is 1.48. The van der Waals surface area contributed by atoms with E-state index < -0.39 is 35.3 Å². The summed E-state index contributed by atoms with van der Waals surface area (Å²) in [6, 6.07) is 1.77. The number of hydrogen-bond donors (Lipinski definition) is 1. The quantitative estimate of drug-likeness (QED) is 0.827. The minimum absolute atomic E-state index is 0.133. The number of alkyl halides is 6. The van der Waals surface area contributed by atoms with Gasteiger partial charge in [-0.15, -0.1) is 0 Å². The van der Waals surface area contributed by atoms with Gasteiger partial charge in [-0.1, -0.05) is 6.07 Å². The van der Waals surface area contributed by atoms with Crippen LogP contribution in [-0.2, 0) is 17.1 Å². The molecule has 20 heavy (non-hydrogen) atoms. The molecule has 1 N–H and O–H groups in total. The van der Waals surface area contributed by atoms with E-state index in [2.05, 4.69) is 4.74 Å². The first-order chi connectivity index (χ1) is 9.07. The number of carbonyl (C=O) groups is 1. The Bertz CT molecular complexity index is 495. The zero-order valence-corrected chi connectivity index (χ0v) is 10.0.